The zero-order valence-electron chi connectivity index (χ0n) is 12.5. The number of benzene rings is 1. The number of halogens is 2. The van der Waals surface area contributed by atoms with Gasteiger partial charge in [0.1, 0.15) is 11.6 Å². The highest BCUT2D eigenvalue weighted by atomic mass is 19.1. The Morgan fingerprint density at radius 2 is 1.86 bits per heavy atom. The fourth-order valence-electron chi connectivity index (χ4n) is 2.49. The van der Waals surface area contributed by atoms with Crippen LogP contribution in [-0.4, -0.2) is 60.3 Å². The van der Waals surface area contributed by atoms with Gasteiger partial charge in [-0.05, 0) is 19.1 Å². The number of hydrogen-bond donors (Lipinski definition) is 1. The number of piperazine rings is 1. The lowest BCUT2D eigenvalue weighted by Gasteiger charge is -2.35. The van der Waals surface area contributed by atoms with Gasteiger partial charge >= 0.3 is 6.09 Å². The molecule has 0 bridgehead atoms. The number of nitrogens with zero attached hydrogens (tertiary/aromatic N) is 2. The molecule has 0 aliphatic carbocycles. The van der Waals surface area contributed by atoms with Gasteiger partial charge in [-0.15, -0.1) is 0 Å². The van der Waals surface area contributed by atoms with Gasteiger partial charge in [0.15, 0.2) is 0 Å². The van der Waals surface area contributed by atoms with Crippen LogP contribution in [0.25, 0.3) is 0 Å². The third-order valence-electron chi connectivity index (χ3n) is 3.66. The molecule has 22 heavy (non-hydrogen) atoms. The third kappa shape index (κ3) is 3.92. The Bertz CT molecular complexity index is 499. The van der Waals surface area contributed by atoms with Gasteiger partial charge in [-0.1, -0.05) is 6.07 Å². The second-order valence-electron chi connectivity index (χ2n) is 5.14. The zero-order chi connectivity index (χ0) is 16.1. The van der Waals surface area contributed by atoms with Crippen LogP contribution in [0.2, 0.25) is 0 Å². The summed E-state index contributed by atoms with van der Waals surface area (Å²) < 4.78 is 32.2. The summed E-state index contributed by atoms with van der Waals surface area (Å²) in [7, 11) is 0. The average Bonchev–Trinajstić information content (AvgIpc) is 2.48. The molecule has 1 aromatic carbocycles. The van der Waals surface area contributed by atoms with Gasteiger partial charge in [-0.25, -0.2) is 13.6 Å². The van der Waals surface area contributed by atoms with Crippen LogP contribution < -0.4 is 0 Å². The summed E-state index contributed by atoms with van der Waals surface area (Å²) in [4.78, 5) is 15.0. The molecule has 1 fully saturated rings. The van der Waals surface area contributed by atoms with E-state index in [2.05, 4.69) is 0 Å². The Hall–Kier alpha value is -1.73. The van der Waals surface area contributed by atoms with Gasteiger partial charge in [0.2, 0.25) is 0 Å². The van der Waals surface area contributed by atoms with E-state index in [0.717, 1.165) is 12.1 Å². The quantitative estimate of drug-likeness (QED) is 0.920. The molecule has 7 heteroatoms. The largest absolute Gasteiger partial charge is 0.450 e. The SMILES string of the molecule is CCOC(=O)N1CCN(CC(O)c2c(F)cccc2F)CC1. The molecule has 1 unspecified atom stereocenters. The molecule has 1 saturated heterocycles. The Labute approximate surface area is 128 Å². The number of ether oxygens (including phenoxy) is 1. The van der Waals surface area contributed by atoms with Crippen LogP contribution in [0.4, 0.5) is 13.6 Å². The van der Waals surface area contributed by atoms with Crippen molar-refractivity contribution in [3.8, 4) is 0 Å². The highest BCUT2D eigenvalue weighted by Gasteiger charge is 2.25. The molecular weight excluding hydrogens is 294 g/mol. The Kier molecular flexibility index (Phi) is 5.68. The molecule has 1 N–H and O–H groups in total. The summed E-state index contributed by atoms with van der Waals surface area (Å²) in [6, 6.07) is 3.51. The van der Waals surface area contributed by atoms with E-state index >= 15 is 0 Å². The molecule has 0 radical (unpaired) electrons. The van der Waals surface area contributed by atoms with Crippen molar-refractivity contribution >= 4 is 6.09 Å². The summed E-state index contributed by atoms with van der Waals surface area (Å²) >= 11 is 0. The maximum absolute atomic E-state index is 13.6. The van der Waals surface area contributed by atoms with Crippen molar-refractivity contribution in [1.82, 2.24) is 9.80 Å². The smallest absolute Gasteiger partial charge is 0.409 e. The highest BCUT2D eigenvalue weighted by molar-refractivity contribution is 5.67. The molecule has 5 nitrogen and oxygen atoms in total. The van der Waals surface area contributed by atoms with Crippen molar-refractivity contribution in [3.05, 3.63) is 35.4 Å². The van der Waals surface area contributed by atoms with Crippen molar-refractivity contribution in [3.63, 3.8) is 0 Å². The van der Waals surface area contributed by atoms with Gasteiger partial charge in [0.05, 0.1) is 18.3 Å². The third-order valence-corrected chi connectivity index (χ3v) is 3.66. The summed E-state index contributed by atoms with van der Waals surface area (Å²) in [5.41, 5.74) is -0.310. The Morgan fingerprint density at radius 1 is 1.27 bits per heavy atom. The first-order valence-corrected chi connectivity index (χ1v) is 7.29. The zero-order valence-corrected chi connectivity index (χ0v) is 12.5. The lowest BCUT2D eigenvalue weighted by molar-refractivity contribution is 0.0560. The highest BCUT2D eigenvalue weighted by Crippen LogP contribution is 2.22. The molecule has 2 rings (SSSR count). The van der Waals surface area contributed by atoms with Crippen molar-refractivity contribution in [2.75, 3.05) is 39.3 Å². The minimum atomic E-state index is -1.24. The minimum absolute atomic E-state index is 0.120. The molecular formula is C15H20F2N2O3. The number of aliphatic hydroxyl groups is 1. The number of amides is 1. The second-order valence-corrected chi connectivity index (χ2v) is 5.14. The van der Waals surface area contributed by atoms with E-state index in [1.807, 2.05) is 4.90 Å². The predicted molar refractivity (Wildman–Crippen MR) is 76.4 cm³/mol. The van der Waals surface area contributed by atoms with Crippen molar-refractivity contribution in [2.45, 2.75) is 13.0 Å². The van der Waals surface area contributed by atoms with Crippen LogP contribution in [0.1, 0.15) is 18.6 Å². The van der Waals surface area contributed by atoms with Gasteiger partial charge in [-0.2, -0.15) is 0 Å². The van der Waals surface area contributed by atoms with E-state index in [0.29, 0.717) is 32.8 Å². The molecule has 1 aliphatic rings. The van der Waals surface area contributed by atoms with Gasteiger partial charge in [-0.3, -0.25) is 4.90 Å². The van der Waals surface area contributed by atoms with Gasteiger partial charge in [0.25, 0.3) is 0 Å². The van der Waals surface area contributed by atoms with Crippen molar-refractivity contribution in [1.29, 1.82) is 0 Å². The fourth-order valence-corrected chi connectivity index (χ4v) is 2.49. The van der Waals surface area contributed by atoms with Gasteiger partial charge < -0.3 is 14.7 Å². The van der Waals surface area contributed by atoms with E-state index in [4.69, 9.17) is 4.74 Å². The van der Waals surface area contributed by atoms with Crippen LogP contribution in [0, 0.1) is 11.6 Å². The predicted octanol–water partition coefficient (Wildman–Crippen LogP) is 1.77. The molecule has 1 aliphatic heterocycles. The van der Waals surface area contributed by atoms with Crippen molar-refractivity contribution in [2.24, 2.45) is 0 Å². The van der Waals surface area contributed by atoms with Crippen LogP contribution >= 0.6 is 0 Å². The van der Waals surface area contributed by atoms with Crippen LogP contribution in [0.5, 0.6) is 0 Å². The second kappa shape index (κ2) is 7.51. The maximum Gasteiger partial charge on any atom is 0.409 e. The van der Waals surface area contributed by atoms with E-state index in [9.17, 15) is 18.7 Å². The van der Waals surface area contributed by atoms with E-state index < -0.39 is 17.7 Å². The lowest BCUT2D eigenvalue weighted by Crippen LogP contribution is -2.49. The van der Waals surface area contributed by atoms with Crippen LogP contribution in [-0.2, 0) is 4.74 Å². The Balaban J connectivity index is 1.89. The molecule has 0 aromatic heterocycles. The van der Waals surface area contributed by atoms with Gasteiger partial charge in [0, 0.05) is 32.7 Å². The number of rotatable bonds is 4. The summed E-state index contributed by atoms with van der Waals surface area (Å²) in [5, 5.41) is 10.1. The normalized spacial score (nSPS) is 17.4. The minimum Gasteiger partial charge on any atom is -0.450 e. The van der Waals surface area contributed by atoms with Crippen molar-refractivity contribution < 1.29 is 23.4 Å². The molecule has 1 heterocycles. The van der Waals surface area contributed by atoms with Crippen LogP contribution in [0.3, 0.4) is 0 Å². The standard InChI is InChI=1S/C15H20F2N2O3/c1-2-22-15(21)19-8-6-18(7-9-19)10-13(20)14-11(16)4-3-5-12(14)17/h3-5,13,20H,2,6-10H2,1H3. The fraction of sp³-hybridized carbons (Fsp3) is 0.533. The topological polar surface area (TPSA) is 53.0 Å². The summed E-state index contributed by atoms with van der Waals surface area (Å²) in [6.07, 6.45) is -1.60. The molecule has 122 valence electrons. The molecule has 0 spiro atoms. The Morgan fingerprint density at radius 3 is 2.41 bits per heavy atom. The number of aliphatic hydroxyl groups excluding tert-OH is 1. The maximum atomic E-state index is 13.6. The summed E-state index contributed by atoms with van der Waals surface area (Å²) in [6.45, 7) is 4.15. The average molecular weight is 314 g/mol. The molecule has 1 aromatic rings. The first kappa shape index (κ1) is 16.6. The molecule has 1 atom stereocenters. The van der Waals surface area contributed by atoms with E-state index in [1.165, 1.54) is 6.07 Å². The lowest BCUT2D eigenvalue weighted by atomic mass is 10.1. The monoisotopic (exact) mass is 314 g/mol. The summed E-state index contributed by atoms with van der Waals surface area (Å²) in [5.74, 6) is -1.50. The first-order chi connectivity index (χ1) is 10.5. The molecule has 1 amide bonds. The number of hydrogen-bond acceptors (Lipinski definition) is 4. The first-order valence-electron chi connectivity index (χ1n) is 7.29. The number of carbonyl (C=O) groups is 1. The number of carbonyl (C=O) groups excluding carboxylic acids is 1. The van der Waals surface area contributed by atoms with E-state index in [-0.39, 0.29) is 18.2 Å². The molecule has 0 saturated carbocycles. The van der Waals surface area contributed by atoms with Crippen LogP contribution in [0.15, 0.2) is 18.2 Å². The van der Waals surface area contributed by atoms with E-state index in [1.54, 1.807) is 11.8 Å². The number of β-amino-alcohol motifs (C(OH)–C–C–N with tert-alkyl or cyclic N) is 1.